The van der Waals surface area contributed by atoms with Gasteiger partial charge in [0.1, 0.15) is 0 Å². The summed E-state index contributed by atoms with van der Waals surface area (Å²) in [7, 11) is 0. The predicted octanol–water partition coefficient (Wildman–Crippen LogP) is 2.59. The molecule has 2 fully saturated rings. The third kappa shape index (κ3) is 1.62. The molecule has 0 radical (unpaired) electrons. The lowest BCUT2D eigenvalue weighted by atomic mass is 10.0. The number of benzene rings is 1. The van der Waals surface area contributed by atoms with Gasteiger partial charge in [0.2, 0.25) is 5.91 Å². The Bertz CT molecular complexity index is 387. The van der Waals surface area contributed by atoms with Gasteiger partial charge in [0.15, 0.2) is 0 Å². The van der Waals surface area contributed by atoms with Gasteiger partial charge in [0, 0.05) is 19.0 Å². The molecule has 0 spiro atoms. The van der Waals surface area contributed by atoms with Gasteiger partial charge >= 0.3 is 0 Å². The lowest BCUT2D eigenvalue weighted by Gasteiger charge is -2.24. The summed E-state index contributed by atoms with van der Waals surface area (Å²) >= 11 is 0. The van der Waals surface area contributed by atoms with Crippen LogP contribution in [0.2, 0.25) is 0 Å². The minimum Gasteiger partial charge on any atom is -0.335 e. The maximum Gasteiger partial charge on any atom is 0.223 e. The Labute approximate surface area is 96.3 Å². The number of fused-ring (bicyclic) bond motifs is 1. The van der Waals surface area contributed by atoms with Crippen LogP contribution in [0.4, 0.5) is 0 Å². The van der Waals surface area contributed by atoms with E-state index < -0.39 is 0 Å². The van der Waals surface area contributed by atoms with Crippen molar-refractivity contribution in [3.63, 3.8) is 0 Å². The zero-order valence-corrected chi connectivity index (χ0v) is 9.43. The van der Waals surface area contributed by atoms with Crippen LogP contribution in [0, 0.1) is 5.92 Å². The van der Waals surface area contributed by atoms with Crippen LogP contribution in [0.1, 0.15) is 31.2 Å². The van der Waals surface area contributed by atoms with E-state index in [1.807, 2.05) is 18.2 Å². The largest absolute Gasteiger partial charge is 0.335 e. The Balaban J connectivity index is 1.77. The smallest absolute Gasteiger partial charge is 0.223 e. The van der Waals surface area contributed by atoms with E-state index in [0.29, 0.717) is 17.9 Å². The SMILES string of the molecule is O=C1CC2CCCC2N1Cc1ccccc1. The summed E-state index contributed by atoms with van der Waals surface area (Å²) in [6, 6.07) is 10.9. The summed E-state index contributed by atoms with van der Waals surface area (Å²) in [6.45, 7) is 0.806. The lowest BCUT2D eigenvalue weighted by molar-refractivity contribution is -0.129. The molecule has 1 aliphatic heterocycles. The van der Waals surface area contributed by atoms with Crippen molar-refractivity contribution in [2.24, 2.45) is 5.92 Å². The van der Waals surface area contributed by atoms with Crippen molar-refractivity contribution in [3.05, 3.63) is 35.9 Å². The number of hydrogen-bond acceptors (Lipinski definition) is 1. The van der Waals surface area contributed by atoms with E-state index in [-0.39, 0.29) is 0 Å². The van der Waals surface area contributed by atoms with Gasteiger partial charge in [-0.05, 0) is 24.3 Å². The minimum absolute atomic E-state index is 0.360. The number of carbonyl (C=O) groups is 1. The molecule has 16 heavy (non-hydrogen) atoms. The number of likely N-dealkylation sites (tertiary alicyclic amines) is 1. The first-order valence-electron chi connectivity index (χ1n) is 6.18. The monoisotopic (exact) mass is 215 g/mol. The van der Waals surface area contributed by atoms with Crippen LogP contribution < -0.4 is 0 Å². The second kappa shape index (κ2) is 3.93. The molecule has 1 saturated carbocycles. The van der Waals surface area contributed by atoms with Crippen molar-refractivity contribution in [2.45, 2.75) is 38.3 Å². The molecule has 1 amide bonds. The molecule has 0 bridgehead atoms. The first-order valence-corrected chi connectivity index (χ1v) is 6.18. The van der Waals surface area contributed by atoms with Crippen LogP contribution in [0.3, 0.4) is 0 Å². The highest BCUT2D eigenvalue weighted by Crippen LogP contribution is 2.39. The molecule has 1 heterocycles. The number of nitrogens with zero attached hydrogens (tertiary/aromatic N) is 1. The van der Waals surface area contributed by atoms with Gasteiger partial charge < -0.3 is 4.90 Å². The van der Waals surface area contributed by atoms with E-state index in [4.69, 9.17) is 0 Å². The van der Waals surface area contributed by atoms with E-state index in [1.165, 1.54) is 24.8 Å². The van der Waals surface area contributed by atoms with Gasteiger partial charge in [-0.25, -0.2) is 0 Å². The quantitative estimate of drug-likeness (QED) is 0.742. The minimum atomic E-state index is 0.360. The number of amides is 1. The third-order valence-electron chi connectivity index (χ3n) is 3.97. The van der Waals surface area contributed by atoms with Gasteiger partial charge in [-0.2, -0.15) is 0 Å². The first kappa shape index (κ1) is 9.88. The van der Waals surface area contributed by atoms with Crippen molar-refractivity contribution in [1.29, 1.82) is 0 Å². The maximum atomic E-state index is 11.9. The number of carbonyl (C=O) groups excluding carboxylic acids is 1. The molecule has 1 aromatic carbocycles. The molecule has 2 atom stereocenters. The molecule has 0 aromatic heterocycles. The fourth-order valence-corrected chi connectivity index (χ4v) is 3.18. The van der Waals surface area contributed by atoms with Crippen molar-refractivity contribution in [3.8, 4) is 0 Å². The average Bonchev–Trinajstić information content (AvgIpc) is 2.84. The van der Waals surface area contributed by atoms with Crippen LogP contribution >= 0.6 is 0 Å². The Hall–Kier alpha value is -1.31. The highest BCUT2D eigenvalue weighted by molar-refractivity contribution is 5.79. The zero-order chi connectivity index (χ0) is 11.0. The van der Waals surface area contributed by atoms with E-state index in [1.54, 1.807) is 0 Å². The summed E-state index contributed by atoms with van der Waals surface area (Å²) in [5.41, 5.74) is 1.25. The zero-order valence-electron chi connectivity index (χ0n) is 9.43. The summed E-state index contributed by atoms with van der Waals surface area (Å²) < 4.78 is 0. The van der Waals surface area contributed by atoms with Crippen molar-refractivity contribution in [1.82, 2.24) is 4.90 Å². The molecule has 2 aliphatic rings. The van der Waals surface area contributed by atoms with Crippen LogP contribution in [0.5, 0.6) is 0 Å². The van der Waals surface area contributed by atoms with Crippen LogP contribution in [-0.2, 0) is 11.3 Å². The van der Waals surface area contributed by atoms with Crippen molar-refractivity contribution >= 4 is 5.91 Å². The standard InChI is InChI=1S/C14H17NO/c16-14-9-12-7-4-8-13(12)15(14)10-11-5-2-1-3-6-11/h1-3,5-6,12-13H,4,7-10H2. The molecule has 1 aliphatic carbocycles. The Morgan fingerprint density at radius 3 is 2.81 bits per heavy atom. The number of hydrogen-bond donors (Lipinski definition) is 0. The average molecular weight is 215 g/mol. The Kier molecular flexibility index (Phi) is 2.43. The lowest BCUT2D eigenvalue weighted by Crippen LogP contribution is -2.32. The highest BCUT2D eigenvalue weighted by Gasteiger charge is 2.41. The normalized spacial score (nSPS) is 28.5. The maximum absolute atomic E-state index is 11.9. The Morgan fingerprint density at radius 1 is 1.19 bits per heavy atom. The van der Waals surface area contributed by atoms with Gasteiger partial charge in [0.25, 0.3) is 0 Å². The fourth-order valence-electron chi connectivity index (χ4n) is 3.18. The molecule has 0 N–H and O–H groups in total. The van der Waals surface area contributed by atoms with Gasteiger partial charge in [-0.15, -0.1) is 0 Å². The summed E-state index contributed by atoms with van der Waals surface area (Å²) in [5, 5.41) is 0. The third-order valence-corrected chi connectivity index (χ3v) is 3.97. The van der Waals surface area contributed by atoms with Crippen LogP contribution in [0.25, 0.3) is 0 Å². The van der Waals surface area contributed by atoms with Crippen molar-refractivity contribution < 1.29 is 4.79 Å². The van der Waals surface area contributed by atoms with Crippen LogP contribution in [0.15, 0.2) is 30.3 Å². The molecule has 1 aromatic rings. The topological polar surface area (TPSA) is 20.3 Å². The fraction of sp³-hybridized carbons (Fsp3) is 0.500. The van der Waals surface area contributed by atoms with Gasteiger partial charge in [-0.3, -0.25) is 4.79 Å². The number of rotatable bonds is 2. The molecule has 2 nitrogen and oxygen atoms in total. The molecular formula is C14H17NO. The van der Waals surface area contributed by atoms with E-state index in [0.717, 1.165) is 13.0 Å². The van der Waals surface area contributed by atoms with E-state index in [2.05, 4.69) is 17.0 Å². The molecule has 1 saturated heterocycles. The molecule has 3 rings (SSSR count). The highest BCUT2D eigenvalue weighted by atomic mass is 16.2. The van der Waals surface area contributed by atoms with Crippen LogP contribution in [-0.4, -0.2) is 16.8 Å². The summed E-state index contributed by atoms with van der Waals surface area (Å²) in [4.78, 5) is 14.0. The second-order valence-electron chi connectivity index (χ2n) is 4.97. The predicted molar refractivity (Wildman–Crippen MR) is 62.7 cm³/mol. The van der Waals surface area contributed by atoms with Crippen molar-refractivity contribution in [2.75, 3.05) is 0 Å². The summed E-state index contributed by atoms with van der Waals surface area (Å²) in [6.07, 6.45) is 4.55. The second-order valence-corrected chi connectivity index (χ2v) is 4.97. The van der Waals surface area contributed by atoms with Gasteiger partial charge in [-0.1, -0.05) is 36.8 Å². The van der Waals surface area contributed by atoms with E-state index in [9.17, 15) is 4.79 Å². The molecule has 2 unspecified atom stereocenters. The molecular weight excluding hydrogens is 198 g/mol. The summed E-state index contributed by atoms with van der Waals surface area (Å²) in [5.74, 6) is 1.01. The molecule has 84 valence electrons. The van der Waals surface area contributed by atoms with E-state index >= 15 is 0 Å². The molecule has 2 heteroatoms. The first-order chi connectivity index (χ1) is 7.84. The Morgan fingerprint density at radius 2 is 2.00 bits per heavy atom. The van der Waals surface area contributed by atoms with Gasteiger partial charge in [0.05, 0.1) is 0 Å².